The third-order valence-electron chi connectivity index (χ3n) is 7.54. The number of nitrogens with zero attached hydrogens (tertiary/aromatic N) is 2. The van der Waals surface area contributed by atoms with E-state index in [4.69, 9.17) is 5.73 Å². The standard InChI is InChI=1S/C23H31N5O3/c1-4-16(20(24)29)27-21(30)17-12-28-18(6-5-7-19(28)26-17)22(31)25-11-13-8-9-14-10-15(13)23(14,2)3/h5-7,12-16H,4,8-11H2,1-3H3,(H2,24,29)(H,25,31)(H,27,30)/t13-,14-,15-,16?/m0/s1. The minimum atomic E-state index is -0.758. The molecule has 2 aromatic rings. The normalized spacial score (nSPS) is 24.8. The van der Waals surface area contributed by atoms with Gasteiger partial charge in [-0.3, -0.25) is 18.8 Å². The van der Waals surface area contributed by atoms with Crippen molar-refractivity contribution >= 4 is 23.4 Å². The summed E-state index contributed by atoms with van der Waals surface area (Å²) in [7, 11) is 0. The van der Waals surface area contributed by atoms with Crippen LogP contribution in [0.5, 0.6) is 0 Å². The third kappa shape index (κ3) is 3.79. The van der Waals surface area contributed by atoms with Gasteiger partial charge in [-0.1, -0.05) is 26.8 Å². The van der Waals surface area contributed by atoms with E-state index in [1.54, 1.807) is 29.5 Å². The van der Waals surface area contributed by atoms with Crippen molar-refractivity contribution in [2.45, 2.75) is 52.5 Å². The van der Waals surface area contributed by atoms with E-state index in [-0.39, 0.29) is 11.6 Å². The maximum absolute atomic E-state index is 13.0. The van der Waals surface area contributed by atoms with Crippen LogP contribution in [0, 0.1) is 23.2 Å². The number of hydrogen-bond acceptors (Lipinski definition) is 4. The van der Waals surface area contributed by atoms with Crippen molar-refractivity contribution in [1.82, 2.24) is 20.0 Å². The monoisotopic (exact) mass is 425 g/mol. The largest absolute Gasteiger partial charge is 0.368 e. The number of carbonyl (C=O) groups excluding carboxylic acids is 3. The Kier molecular flexibility index (Phi) is 5.49. The van der Waals surface area contributed by atoms with Gasteiger partial charge in [0.25, 0.3) is 11.8 Å². The van der Waals surface area contributed by atoms with Gasteiger partial charge in [0.2, 0.25) is 5.91 Å². The molecule has 5 rings (SSSR count). The van der Waals surface area contributed by atoms with Gasteiger partial charge in [-0.15, -0.1) is 0 Å². The number of carbonyl (C=O) groups is 3. The van der Waals surface area contributed by atoms with Crippen LogP contribution in [0.4, 0.5) is 0 Å². The summed E-state index contributed by atoms with van der Waals surface area (Å²) >= 11 is 0. The smallest absolute Gasteiger partial charge is 0.272 e. The Hall–Kier alpha value is -2.90. The van der Waals surface area contributed by atoms with Gasteiger partial charge >= 0.3 is 0 Å². The number of pyridine rings is 1. The molecule has 2 bridgehead atoms. The molecule has 3 saturated carbocycles. The van der Waals surface area contributed by atoms with Crippen LogP contribution in [-0.4, -0.2) is 39.7 Å². The summed E-state index contributed by atoms with van der Waals surface area (Å²) in [5.41, 5.74) is 6.73. The number of rotatable bonds is 7. The number of nitrogens with one attached hydrogen (secondary N) is 2. The quantitative estimate of drug-likeness (QED) is 0.630. The molecule has 2 heterocycles. The first-order valence-corrected chi connectivity index (χ1v) is 11.1. The molecule has 0 aliphatic heterocycles. The highest BCUT2D eigenvalue weighted by Gasteiger charge is 2.53. The van der Waals surface area contributed by atoms with E-state index in [1.165, 1.54) is 19.0 Å². The van der Waals surface area contributed by atoms with Crippen molar-refractivity contribution in [2.75, 3.05) is 6.54 Å². The van der Waals surface area contributed by atoms with Crippen LogP contribution in [0.2, 0.25) is 0 Å². The second kappa shape index (κ2) is 7.98. The molecular weight excluding hydrogens is 394 g/mol. The summed E-state index contributed by atoms with van der Waals surface area (Å²) in [6, 6.07) is 4.44. The lowest BCUT2D eigenvalue weighted by molar-refractivity contribution is -0.119. The Labute approximate surface area is 182 Å². The van der Waals surface area contributed by atoms with Crippen molar-refractivity contribution in [1.29, 1.82) is 0 Å². The van der Waals surface area contributed by atoms with Gasteiger partial charge in [0.05, 0.1) is 0 Å². The molecule has 3 amide bonds. The van der Waals surface area contributed by atoms with E-state index in [0.29, 0.717) is 41.6 Å². The van der Waals surface area contributed by atoms with Crippen molar-refractivity contribution < 1.29 is 14.4 Å². The summed E-state index contributed by atoms with van der Waals surface area (Å²) < 4.78 is 1.61. The Morgan fingerprint density at radius 2 is 2.03 bits per heavy atom. The van der Waals surface area contributed by atoms with Gasteiger partial charge in [-0.2, -0.15) is 0 Å². The van der Waals surface area contributed by atoms with E-state index >= 15 is 0 Å². The first-order valence-electron chi connectivity index (χ1n) is 11.1. The molecule has 0 saturated heterocycles. The van der Waals surface area contributed by atoms with Gasteiger partial charge < -0.3 is 16.4 Å². The highest BCUT2D eigenvalue weighted by Crippen LogP contribution is 2.61. The highest BCUT2D eigenvalue weighted by molar-refractivity contribution is 5.97. The molecule has 0 aromatic carbocycles. The van der Waals surface area contributed by atoms with Gasteiger partial charge in [-0.25, -0.2) is 4.98 Å². The topological polar surface area (TPSA) is 119 Å². The minimum absolute atomic E-state index is 0.134. The van der Waals surface area contributed by atoms with E-state index in [9.17, 15) is 14.4 Å². The lowest BCUT2D eigenvalue weighted by atomic mass is 9.45. The molecule has 4 N–H and O–H groups in total. The highest BCUT2D eigenvalue weighted by atomic mass is 16.2. The second-order valence-electron chi connectivity index (χ2n) is 9.51. The molecule has 31 heavy (non-hydrogen) atoms. The zero-order valence-corrected chi connectivity index (χ0v) is 18.4. The molecule has 1 unspecified atom stereocenters. The van der Waals surface area contributed by atoms with Crippen LogP contribution in [0.1, 0.15) is 67.4 Å². The number of nitrogens with two attached hydrogens (primary N) is 1. The first kappa shape index (κ1) is 21.3. The van der Waals surface area contributed by atoms with Crippen LogP contribution in [0.25, 0.3) is 5.65 Å². The van der Waals surface area contributed by atoms with E-state index < -0.39 is 17.9 Å². The van der Waals surface area contributed by atoms with Gasteiger partial charge in [0.15, 0.2) is 0 Å². The molecule has 3 aliphatic carbocycles. The Balaban J connectivity index is 1.47. The molecule has 0 spiro atoms. The number of amides is 3. The average Bonchev–Trinajstić information content (AvgIpc) is 3.19. The predicted octanol–water partition coefficient (Wildman–Crippen LogP) is 2.13. The lowest BCUT2D eigenvalue weighted by Crippen LogP contribution is -2.54. The SMILES string of the molecule is CCC(NC(=O)c1cn2c(C(=O)NC[C@@H]3CC[C@H]4C[C@@H]3C4(C)C)cccc2n1)C(N)=O. The molecule has 4 atom stereocenters. The van der Waals surface area contributed by atoms with Crippen LogP contribution >= 0.6 is 0 Å². The van der Waals surface area contributed by atoms with Crippen LogP contribution in [0.3, 0.4) is 0 Å². The molecule has 166 valence electrons. The Morgan fingerprint density at radius 3 is 2.68 bits per heavy atom. The minimum Gasteiger partial charge on any atom is -0.368 e. The van der Waals surface area contributed by atoms with E-state index in [2.05, 4.69) is 29.5 Å². The summed E-state index contributed by atoms with van der Waals surface area (Å²) in [6.45, 7) is 7.12. The summed E-state index contributed by atoms with van der Waals surface area (Å²) in [6.07, 6.45) is 5.59. The zero-order valence-electron chi connectivity index (χ0n) is 18.4. The molecule has 8 nitrogen and oxygen atoms in total. The van der Waals surface area contributed by atoms with E-state index in [0.717, 1.165) is 12.3 Å². The molecule has 3 fully saturated rings. The number of fused-ring (bicyclic) bond motifs is 3. The fourth-order valence-corrected chi connectivity index (χ4v) is 5.43. The fourth-order valence-electron chi connectivity index (χ4n) is 5.43. The van der Waals surface area contributed by atoms with Crippen molar-refractivity contribution in [3.8, 4) is 0 Å². The van der Waals surface area contributed by atoms with Crippen molar-refractivity contribution in [3.05, 3.63) is 35.8 Å². The van der Waals surface area contributed by atoms with Crippen LogP contribution < -0.4 is 16.4 Å². The Bertz CT molecular complexity index is 1030. The third-order valence-corrected chi connectivity index (χ3v) is 7.54. The van der Waals surface area contributed by atoms with Gasteiger partial charge in [0.1, 0.15) is 23.1 Å². The number of imidazole rings is 1. The molecular formula is C23H31N5O3. The number of hydrogen-bond donors (Lipinski definition) is 3. The summed E-state index contributed by atoms with van der Waals surface area (Å²) in [5.74, 6) is 0.733. The van der Waals surface area contributed by atoms with Crippen molar-refractivity contribution in [2.24, 2.45) is 28.9 Å². The number of primary amides is 1. The van der Waals surface area contributed by atoms with Gasteiger partial charge in [-0.05, 0) is 61.0 Å². The maximum atomic E-state index is 13.0. The second-order valence-corrected chi connectivity index (χ2v) is 9.51. The maximum Gasteiger partial charge on any atom is 0.272 e. The summed E-state index contributed by atoms with van der Waals surface area (Å²) in [4.78, 5) is 41.2. The molecule has 2 aromatic heterocycles. The molecule has 0 radical (unpaired) electrons. The van der Waals surface area contributed by atoms with Crippen molar-refractivity contribution in [3.63, 3.8) is 0 Å². The molecule has 8 heteroatoms. The van der Waals surface area contributed by atoms with Crippen LogP contribution in [-0.2, 0) is 4.79 Å². The zero-order chi connectivity index (χ0) is 22.3. The first-order chi connectivity index (χ1) is 14.7. The average molecular weight is 426 g/mol. The van der Waals surface area contributed by atoms with Crippen LogP contribution in [0.15, 0.2) is 24.4 Å². The predicted molar refractivity (Wildman–Crippen MR) is 116 cm³/mol. The Morgan fingerprint density at radius 1 is 1.26 bits per heavy atom. The molecule has 3 aliphatic rings. The summed E-state index contributed by atoms with van der Waals surface area (Å²) in [5, 5.41) is 5.69. The number of aromatic nitrogens is 2. The van der Waals surface area contributed by atoms with Gasteiger partial charge in [0, 0.05) is 12.7 Å². The lowest BCUT2D eigenvalue weighted by Gasteiger charge is -2.60. The fraction of sp³-hybridized carbons (Fsp3) is 0.565. The van der Waals surface area contributed by atoms with E-state index in [1.807, 2.05) is 0 Å².